The number of aliphatic hydroxyl groups excluding tert-OH is 2. The number of nitrogens with one attached hydrogen (secondary N) is 1. The number of anilines is 1. The van der Waals surface area contributed by atoms with Crippen LogP contribution in [-0.4, -0.2) is 35.5 Å². The van der Waals surface area contributed by atoms with Crippen LogP contribution in [0.5, 0.6) is 11.5 Å². The zero-order chi connectivity index (χ0) is 25.5. The highest BCUT2D eigenvalue weighted by Gasteiger charge is 2.12. The van der Waals surface area contributed by atoms with Gasteiger partial charge in [-0.15, -0.1) is 0 Å². The van der Waals surface area contributed by atoms with Gasteiger partial charge >= 0.3 is 0 Å². The topological polar surface area (TPSA) is 108 Å². The molecule has 0 amide bonds. The average molecular weight is 485 g/mol. The quantitative estimate of drug-likeness (QED) is 0.165. The Kier molecular flexibility index (Phi) is 8.23. The Morgan fingerprint density at radius 3 is 2.33 bits per heavy atom. The molecule has 0 aliphatic carbocycles. The van der Waals surface area contributed by atoms with Crippen molar-refractivity contribution in [1.29, 1.82) is 0 Å². The van der Waals surface area contributed by atoms with Crippen LogP contribution in [0.2, 0.25) is 0 Å². The largest absolute Gasteiger partial charge is 0.508 e. The average Bonchev–Trinajstić information content (AvgIpc) is 2.92. The van der Waals surface area contributed by atoms with Crippen LogP contribution in [0.4, 0.5) is 5.69 Å². The van der Waals surface area contributed by atoms with E-state index in [9.17, 15) is 15.3 Å². The molecule has 0 aliphatic heterocycles. The smallest absolute Gasteiger partial charge is 0.126 e. The maximum Gasteiger partial charge on any atom is 0.126 e. The summed E-state index contributed by atoms with van der Waals surface area (Å²) in [5, 5.41) is 32.7. The van der Waals surface area contributed by atoms with Crippen molar-refractivity contribution in [2.45, 2.75) is 19.1 Å². The number of aromatic hydroxyl groups is 1. The predicted octanol–water partition coefficient (Wildman–Crippen LogP) is 4.68. The third-order valence-corrected chi connectivity index (χ3v) is 6.33. The molecule has 0 saturated heterocycles. The van der Waals surface area contributed by atoms with E-state index in [0.717, 1.165) is 39.3 Å². The fourth-order valence-electron chi connectivity index (χ4n) is 4.25. The standard InChI is InChI=1S/C30H32N2O4/c1-36-30-12-10-22(16-26(30)20-5-3-2-4-6-20)23-8-7-21(27(31)17-23)13-14-32-18-29(35)24-9-11-28(34)25(15-24)19-33/h2-12,15-17,29,32-35H,13-14,18-19,31H2,1H3. The van der Waals surface area contributed by atoms with E-state index in [1.165, 1.54) is 6.07 Å². The van der Waals surface area contributed by atoms with Gasteiger partial charge in [-0.05, 0) is 71.1 Å². The lowest BCUT2D eigenvalue weighted by molar-refractivity contribution is 0.174. The number of methoxy groups -OCH3 is 1. The molecule has 0 radical (unpaired) electrons. The van der Waals surface area contributed by atoms with E-state index < -0.39 is 6.10 Å². The Hall–Kier alpha value is -3.84. The summed E-state index contributed by atoms with van der Waals surface area (Å²) in [5.41, 5.74) is 13.4. The summed E-state index contributed by atoms with van der Waals surface area (Å²) in [7, 11) is 1.68. The zero-order valence-corrected chi connectivity index (χ0v) is 20.3. The van der Waals surface area contributed by atoms with Gasteiger partial charge in [0.1, 0.15) is 11.5 Å². The first-order valence-corrected chi connectivity index (χ1v) is 11.9. The van der Waals surface area contributed by atoms with E-state index in [4.69, 9.17) is 10.5 Å². The molecule has 6 nitrogen and oxygen atoms in total. The van der Waals surface area contributed by atoms with Crippen LogP contribution < -0.4 is 15.8 Å². The number of nitrogen functional groups attached to an aromatic ring is 1. The highest BCUT2D eigenvalue weighted by Crippen LogP contribution is 2.35. The summed E-state index contributed by atoms with van der Waals surface area (Å²) < 4.78 is 5.58. The van der Waals surface area contributed by atoms with Crippen molar-refractivity contribution in [3.63, 3.8) is 0 Å². The van der Waals surface area contributed by atoms with Gasteiger partial charge in [0, 0.05) is 23.4 Å². The summed E-state index contributed by atoms with van der Waals surface area (Å²) in [6.45, 7) is 0.715. The molecule has 186 valence electrons. The molecule has 0 heterocycles. The number of rotatable bonds is 10. The first kappa shape index (κ1) is 25.3. The summed E-state index contributed by atoms with van der Waals surface area (Å²) in [4.78, 5) is 0. The number of hydrogen-bond donors (Lipinski definition) is 5. The second-order valence-electron chi connectivity index (χ2n) is 8.71. The maximum absolute atomic E-state index is 10.4. The van der Waals surface area contributed by atoms with E-state index in [1.54, 1.807) is 19.2 Å². The number of ether oxygens (including phenoxy) is 1. The number of hydrogen-bond acceptors (Lipinski definition) is 6. The number of phenols is 1. The van der Waals surface area contributed by atoms with Crippen LogP contribution in [0.1, 0.15) is 22.8 Å². The van der Waals surface area contributed by atoms with Crippen LogP contribution in [0, 0.1) is 0 Å². The van der Waals surface area contributed by atoms with Gasteiger partial charge in [-0.2, -0.15) is 0 Å². The summed E-state index contributed by atoms with van der Waals surface area (Å²) in [6, 6.07) is 27.2. The molecule has 1 unspecified atom stereocenters. The third-order valence-electron chi connectivity index (χ3n) is 6.33. The summed E-state index contributed by atoms with van der Waals surface area (Å²) in [6.07, 6.45) is -0.0294. The second kappa shape index (κ2) is 11.7. The van der Waals surface area contributed by atoms with E-state index in [2.05, 4.69) is 29.6 Å². The lowest BCUT2D eigenvalue weighted by atomic mass is 9.96. The van der Waals surface area contributed by atoms with Crippen LogP contribution >= 0.6 is 0 Å². The highest BCUT2D eigenvalue weighted by molar-refractivity contribution is 5.79. The number of aliphatic hydroxyl groups is 2. The van der Waals surface area contributed by atoms with Gasteiger partial charge in [0.25, 0.3) is 0 Å². The molecule has 6 N–H and O–H groups in total. The Balaban J connectivity index is 1.39. The predicted molar refractivity (Wildman–Crippen MR) is 144 cm³/mol. The molecule has 0 saturated carbocycles. The van der Waals surface area contributed by atoms with E-state index >= 15 is 0 Å². The van der Waals surface area contributed by atoms with Crippen molar-refractivity contribution in [1.82, 2.24) is 5.32 Å². The normalized spacial score (nSPS) is 11.9. The van der Waals surface area contributed by atoms with Crippen molar-refractivity contribution in [2.75, 3.05) is 25.9 Å². The maximum atomic E-state index is 10.4. The summed E-state index contributed by atoms with van der Waals surface area (Å²) in [5.74, 6) is 0.842. The minimum Gasteiger partial charge on any atom is -0.508 e. The minimum atomic E-state index is -0.746. The molecule has 36 heavy (non-hydrogen) atoms. The van der Waals surface area contributed by atoms with E-state index in [1.807, 2.05) is 42.5 Å². The van der Waals surface area contributed by atoms with Crippen molar-refractivity contribution in [2.24, 2.45) is 0 Å². The fourth-order valence-corrected chi connectivity index (χ4v) is 4.25. The van der Waals surface area contributed by atoms with Gasteiger partial charge in [0.2, 0.25) is 0 Å². The monoisotopic (exact) mass is 484 g/mol. The summed E-state index contributed by atoms with van der Waals surface area (Å²) >= 11 is 0. The zero-order valence-electron chi connectivity index (χ0n) is 20.3. The van der Waals surface area contributed by atoms with Gasteiger partial charge in [-0.25, -0.2) is 0 Å². The van der Waals surface area contributed by atoms with E-state index in [0.29, 0.717) is 30.6 Å². The lowest BCUT2D eigenvalue weighted by Gasteiger charge is -2.15. The fraction of sp³-hybridized carbons (Fsp3) is 0.200. The molecule has 0 bridgehead atoms. The van der Waals surface area contributed by atoms with Crippen LogP contribution in [0.15, 0.2) is 84.9 Å². The molecule has 4 rings (SSSR count). The van der Waals surface area contributed by atoms with Crippen molar-refractivity contribution in [3.8, 4) is 33.8 Å². The van der Waals surface area contributed by atoms with Crippen LogP contribution in [0.3, 0.4) is 0 Å². The number of nitrogens with two attached hydrogens (primary N) is 1. The first-order chi connectivity index (χ1) is 17.5. The minimum absolute atomic E-state index is 0.0197. The molecular formula is C30H32N2O4. The van der Waals surface area contributed by atoms with Gasteiger partial charge in [-0.1, -0.05) is 54.6 Å². The molecule has 4 aromatic carbocycles. The van der Waals surface area contributed by atoms with Crippen LogP contribution in [0.25, 0.3) is 22.3 Å². The van der Waals surface area contributed by atoms with Crippen molar-refractivity contribution >= 4 is 5.69 Å². The SMILES string of the molecule is COc1ccc(-c2ccc(CCNCC(O)c3ccc(O)c(CO)c3)c(N)c2)cc1-c1ccccc1. The Labute approximate surface area is 211 Å². The Morgan fingerprint density at radius 1 is 0.861 bits per heavy atom. The third kappa shape index (κ3) is 5.86. The highest BCUT2D eigenvalue weighted by atomic mass is 16.5. The molecule has 0 spiro atoms. The molecule has 1 atom stereocenters. The van der Waals surface area contributed by atoms with Gasteiger partial charge in [-0.3, -0.25) is 0 Å². The molecule has 4 aromatic rings. The molecule has 6 heteroatoms. The van der Waals surface area contributed by atoms with E-state index in [-0.39, 0.29) is 12.4 Å². The first-order valence-electron chi connectivity index (χ1n) is 11.9. The second-order valence-corrected chi connectivity index (χ2v) is 8.71. The van der Waals surface area contributed by atoms with Gasteiger partial charge in [0.15, 0.2) is 0 Å². The van der Waals surface area contributed by atoms with Crippen molar-refractivity contribution in [3.05, 3.63) is 102 Å². The molecule has 0 aliphatic rings. The lowest BCUT2D eigenvalue weighted by Crippen LogP contribution is -2.24. The Bertz CT molecular complexity index is 1310. The Morgan fingerprint density at radius 2 is 1.61 bits per heavy atom. The van der Waals surface area contributed by atoms with Crippen LogP contribution in [-0.2, 0) is 13.0 Å². The molecule has 0 aromatic heterocycles. The molecular weight excluding hydrogens is 452 g/mol. The van der Waals surface area contributed by atoms with Gasteiger partial charge in [0.05, 0.1) is 19.8 Å². The van der Waals surface area contributed by atoms with Gasteiger partial charge < -0.3 is 31.1 Å². The molecule has 0 fully saturated rings. The number of benzene rings is 4. The van der Waals surface area contributed by atoms with Crippen molar-refractivity contribution < 1.29 is 20.1 Å².